The van der Waals surface area contributed by atoms with Gasteiger partial charge < -0.3 is 5.11 Å². The number of halogens is 2. The van der Waals surface area contributed by atoms with Crippen LogP contribution in [0.2, 0.25) is 0 Å². The molecular formula is C22H16F2O3S. The Labute approximate surface area is 165 Å². The molecule has 0 unspecified atom stereocenters. The number of thioether (sulfide) groups is 1. The molecule has 1 atom stereocenters. The normalized spacial score (nSPS) is 11.8. The Kier molecular flexibility index (Phi) is 6.21. The molecule has 0 aliphatic rings. The van der Waals surface area contributed by atoms with E-state index in [-0.39, 0.29) is 23.3 Å². The van der Waals surface area contributed by atoms with E-state index in [1.807, 2.05) is 0 Å². The van der Waals surface area contributed by atoms with Crippen molar-refractivity contribution in [3.05, 3.63) is 101 Å². The SMILES string of the molecule is O=C(C[C@@H](Sc1ccccc1C(=O)O)c1ccc(F)cc1)c1cccc(F)c1. The molecule has 0 aliphatic heterocycles. The molecule has 0 aromatic heterocycles. The van der Waals surface area contributed by atoms with Gasteiger partial charge in [0.2, 0.25) is 0 Å². The highest BCUT2D eigenvalue weighted by Crippen LogP contribution is 2.40. The largest absolute Gasteiger partial charge is 0.478 e. The highest BCUT2D eigenvalue weighted by atomic mass is 32.2. The predicted molar refractivity (Wildman–Crippen MR) is 104 cm³/mol. The lowest BCUT2D eigenvalue weighted by atomic mass is 10.0. The van der Waals surface area contributed by atoms with Crippen molar-refractivity contribution in [1.29, 1.82) is 0 Å². The molecule has 3 aromatic carbocycles. The van der Waals surface area contributed by atoms with Gasteiger partial charge in [-0.1, -0.05) is 36.4 Å². The minimum absolute atomic E-state index is 0.00764. The second-order valence-electron chi connectivity index (χ2n) is 6.10. The number of carbonyl (C=O) groups is 2. The van der Waals surface area contributed by atoms with Crippen LogP contribution >= 0.6 is 11.8 Å². The zero-order valence-electron chi connectivity index (χ0n) is 14.6. The van der Waals surface area contributed by atoms with Crippen LogP contribution in [-0.4, -0.2) is 16.9 Å². The van der Waals surface area contributed by atoms with E-state index >= 15 is 0 Å². The van der Waals surface area contributed by atoms with E-state index in [9.17, 15) is 23.5 Å². The van der Waals surface area contributed by atoms with E-state index in [0.717, 1.165) is 0 Å². The van der Waals surface area contributed by atoms with Crippen molar-refractivity contribution in [3.63, 3.8) is 0 Å². The topological polar surface area (TPSA) is 54.4 Å². The van der Waals surface area contributed by atoms with E-state index in [4.69, 9.17) is 0 Å². The number of hydrogen-bond acceptors (Lipinski definition) is 3. The molecule has 0 amide bonds. The lowest BCUT2D eigenvalue weighted by molar-refractivity contribution is 0.0693. The predicted octanol–water partition coefficient (Wildman–Crippen LogP) is 5.77. The molecule has 0 saturated carbocycles. The maximum Gasteiger partial charge on any atom is 0.336 e. The minimum Gasteiger partial charge on any atom is -0.478 e. The van der Waals surface area contributed by atoms with Crippen LogP contribution < -0.4 is 0 Å². The summed E-state index contributed by atoms with van der Waals surface area (Å²) < 4.78 is 26.8. The fraction of sp³-hybridized carbons (Fsp3) is 0.0909. The van der Waals surface area contributed by atoms with Gasteiger partial charge in [0.25, 0.3) is 0 Å². The van der Waals surface area contributed by atoms with Gasteiger partial charge in [0.15, 0.2) is 5.78 Å². The molecule has 0 bridgehead atoms. The van der Waals surface area contributed by atoms with Crippen LogP contribution in [-0.2, 0) is 0 Å². The van der Waals surface area contributed by atoms with Gasteiger partial charge in [-0.05, 0) is 42.0 Å². The van der Waals surface area contributed by atoms with E-state index < -0.39 is 22.9 Å². The Hall–Kier alpha value is -2.99. The monoisotopic (exact) mass is 398 g/mol. The first-order chi connectivity index (χ1) is 13.4. The number of Topliss-reactive ketones (excluding diaryl/α,β-unsaturated/α-hetero) is 1. The molecule has 1 N–H and O–H groups in total. The zero-order valence-corrected chi connectivity index (χ0v) is 15.5. The Morgan fingerprint density at radius 1 is 0.893 bits per heavy atom. The number of ketones is 1. The summed E-state index contributed by atoms with van der Waals surface area (Å²) in [5.74, 6) is -2.27. The van der Waals surface area contributed by atoms with Gasteiger partial charge in [0, 0.05) is 22.1 Å². The Morgan fingerprint density at radius 3 is 2.29 bits per heavy atom. The summed E-state index contributed by atoms with van der Waals surface area (Å²) in [5, 5.41) is 8.94. The molecule has 3 rings (SSSR count). The second-order valence-corrected chi connectivity index (χ2v) is 7.34. The second kappa shape index (κ2) is 8.80. The number of aromatic carboxylic acids is 1. The average molecular weight is 398 g/mol. The lowest BCUT2D eigenvalue weighted by Crippen LogP contribution is -2.07. The fourth-order valence-electron chi connectivity index (χ4n) is 2.75. The number of carboxylic acids is 1. The summed E-state index contributed by atoms with van der Waals surface area (Å²) >= 11 is 1.21. The first-order valence-electron chi connectivity index (χ1n) is 8.47. The minimum atomic E-state index is -1.07. The van der Waals surface area contributed by atoms with Crippen molar-refractivity contribution in [3.8, 4) is 0 Å². The van der Waals surface area contributed by atoms with E-state index in [0.29, 0.717) is 10.5 Å². The molecule has 0 saturated heterocycles. The van der Waals surface area contributed by atoms with Crippen LogP contribution in [0.25, 0.3) is 0 Å². The summed E-state index contributed by atoms with van der Waals surface area (Å²) in [4.78, 5) is 24.7. The highest BCUT2D eigenvalue weighted by Gasteiger charge is 2.21. The molecular weight excluding hydrogens is 382 g/mol. The van der Waals surface area contributed by atoms with Gasteiger partial charge in [-0.3, -0.25) is 4.79 Å². The summed E-state index contributed by atoms with van der Waals surface area (Å²) in [7, 11) is 0. The fourth-order valence-corrected chi connectivity index (χ4v) is 4.03. The maximum atomic E-state index is 13.5. The van der Waals surface area contributed by atoms with Gasteiger partial charge >= 0.3 is 5.97 Å². The van der Waals surface area contributed by atoms with Gasteiger partial charge in [0.1, 0.15) is 11.6 Å². The molecule has 3 nitrogen and oxygen atoms in total. The van der Waals surface area contributed by atoms with Crippen molar-refractivity contribution in [1.82, 2.24) is 0 Å². The molecule has 0 spiro atoms. The third kappa shape index (κ3) is 4.84. The van der Waals surface area contributed by atoms with Crippen LogP contribution in [0.4, 0.5) is 8.78 Å². The number of benzene rings is 3. The smallest absolute Gasteiger partial charge is 0.336 e. The van der Waals surface area contributed by atoms with Crippen LogP contribution in [0.3, 0.4) is 0 Å². The van der Waals surface area contributed by atoms with Crippen molar-refractivity contribution in [2.45, 2.75) is 16.6 Å². The van der Waals surface area contributed by atoms with E-state index in [1.54, 1.807) is 30.3 Å². The highest BCUT2D eigenvalue weighted by molar-refractivity contribution is 7.99. The first kappa shape index (κ1) is 19.8. The number of rotatable bonds is 7. The first-order valence-corrected chi connectivity index (χ1v) is 9.35. The number of carbonyl (C=O) groups excluding carboxylic acids is 1. The molecule has 0 aliphatic carbocycles. The Balaban J connectivity index is 1.93. The molecule has 0 radical (unpaired) electrons. The van der Waals surface area contributed by atoms with Gasteiger partial charge in [-0.25, -0.2) is 13.6 Å². The third-order valence-electron chi connectivity index (χ3n) is 4.15. The average Bonchev–Trinajstić information content (AvgIpc) is 2.68. The number of hydrogen-bond donors (Lipinski definition) is 1. The van der Waals surface area contributed by atoms with Crippen LogP contribution in [0.15, 0.2) is 77.7 Å². The molecule has 6 heteroatoms. The molecule has 3 aromatic rings. The quantitative estimate of drug-likeness (QED) is 0.406. The zero-order chi connectivity index (χ0) is 20.1. The van der Waals surface area contributed by atoms with Crippen LogP contribution in [0, 0.1) is 11.6 Å². The van der Waals surface area contributed by atoms with Gasteiger partial charge in [-0.15, -0.1) is 11.8 Å². The van der Waals surface area contributed by atoms with Crippen LogP contribution in [0.1, 0.15) is 38.0 Å². The standard InChI is InChI=1S/C22H16F2O3S/c23-16-10-8-14(9-11-16)21(13-19(25)15-4-3-5-17(24)12-15)28-20-7-2-1-6-18(20)22(26)27/h1-12,21H,13H2,(H,26,27)/t21-/m1/s1. The number of carboxylic acid groups (broad SMARTS) is 1. The van der Waals surface area contributed by atoms with Crippen molar-refractivity contribution >= 4 is 23.5 Å². The van der Waals surface area contributed by atoms with Crippen molar-refractivity contribution in [2.24, 2.45) is 0 Å². The van der Waals surface area contributed by atoms with Crippen molar-refractivity contribution in [2.75, 3.05) is 0 Å². The summed E-state index contributed by atoms with van der Waals surface area (Å²) in [6.45, 7) is 0. The Bertz CT molecular complexity index is 1000. The Morgan fingerprint density at radius 2 is 1.61 bits per heavy atom. The third-order valence-corrected chi connectivity index (χ3v) is 5.48. The van der Waals surface area contributed by atoms with Crippen LogP contribution in [0.5, 0.6) is 0 Å². The van der Waals surface area contributed by atoms with Crippen molar-refractivity contribution < 1.29 is 23.5 Å². The molecule has 28 heavy (non-hydrogen) atoms. The summed E-state index contributed by atoms with van der Waals surface area (Å²) in [5.41, 5.74) is 1.04. The van der Waals surface area contributed by atoms with E-state index in [2.05, 4.69) is 0 Å². The van der Waals surface area contributed by atoms with Gasteiger partial charge in [0.05, 0.1) is 5.56 Å². The maximum absolute atomic E-state index is 13.5. The molecule has 0 heterocycles. The van der Waals surface area contributed by atoms with E-state index in [1.165, 1.54) is 54.2 Å². The molecule has 142 valence electrons. The lowest BCUT2D eigenvalue weighted by Gasteiger charge is -2.18. The summed E-state index contributed by atoms with van der Waals surface area (Å²) in [6, 6.07) is 17.6. The molecule has 0 fully saturated rings. The summed E-state index contributed by atoms with van der Waals surface area (Å²) in [6.07, 6.45) is 0.00764. The van der Waals surface area contributed by atoms with Gasteiger partial charge in [-0.2, -0.15) is 0 Å².